The number of rotatable bonds is 5. The Balaban J connectivity index is 2.18. The second kappa shape index (κ2) is 6.38. The molecule has 1 atom stereocenters. The monoisotopic (exact) mass is 210 g/mol. The van der Waals surface area contributed by atoms with Crippen LogP contribution in [0.4, 0.5) is 0 Å². The van der Waals surface area contributed by atoms with Gasteiger partial charge < -0.3 is 4.74 Å². The van der Waals surface area contributed by atoms with Gasteiger partial charge in [-0.1, -0.05) is 19.1 Å². The second-order valence-corrected chi connectivity index (χ2v) is 3.75. The van der Waals surface area contributed by atoms with Gasteiger partial charge in [0.2, 0.25) is 0 Å². The maximum Gasteiger partial charge on any atom is 0.316 e. The molecule has 0 amide bonds. The van der Waals surface area contributed by atoms with Crippen molar-refractivity contribution in [2.24, 2.45) is 5.92 Å². The van der Waals surface area contributed by atoms with Crippen LogP contribution in [0.3, 0.4) is 0 Å². The van der Waals surface area contributed by atoms with Gasteiger partial charge in [0.05, 0.1) is 6.61 Å². The molecule has 0 bridgehead atoms. The maximum atomic E-state index is 11.4. The number of allylic oxidation sites excluding steroid dienone is 1. The third-order valence-corrected chi connectivity index (χ3v) is 2.52. The fraction of sp³-hybridized carbons (Fsp3) is 0.667. The Labute approximate surface area is 90.5 Å². The highest BCUT2D eigenvalue weighted by Crippen LogP contribution is 2.22. The fourth-order valence-electron chi connectivity index (χ4n) is 1.68. The summed E-state index contributed by atoms with van der Waals surface area (Å²) in [6.45, 7) is 2.44. The maximum absolute atomic E-state index is 11.4. The summed E-state index contributed by atoms with van der Waals surface area (Å²) in [5.74, 6) is -0.758. The molecule has 1 aliphatic carbocycles. The third-order valence-electron chi connectivity index (χ3n) is 2.52. The molecule has 0 spiro atoms. The summed E-state index contributed by atoms with van der Waals surface area (Å²) in [6.07, 6.45) is 7.79. The summed E-state index contributed by atoms with van der Waals surface area (Å²) in [7, 11) is 0. The van der Waals surface area contributed by atoms with Crippen molar-refractivity contribution in [2.45, 2.75) is 39.0 Å². The smallest absolute Gasteiger partial charge is 0.316 e. The van der Waals surface area contributed by atoms with Gasteiger partial charge in [0.1, 0.15) is 11.7 Å². The molecule has 0 aromatic carbocycles. The highest BCUT2D eigenvalue weighted by molar-refractivity contribution is 6.00. The standard InChI is InChI=1S/C12H18O3/c1-2-3-4-5-9-15-12(14)10-7-6-8-11(10)13/h3-4,10H,2,5-9H2,1H3/b4-3-/t10-/m0/s1. The van der Waals surface area contributed by atoms with Crippen LogP contribution in [0, 0.1) is 5.92 Å². The number of carbonyl (C=O) groups is 2. The zero-order chi connectivity index (χ0) is 11.1. The molecule has 84 valence electrons. The van der Waals surface area contributed by atoms with Gasteiger partial charge in [0.25, 0.3) is 0 Å². The first-order valence-electron chi connectivity index (χ1n) is 5.60. The average molecular weight is 210 g/mol. The molecule has 0 aliphatic heterocycles. The lowest BCUT2D eigenvalue weighted by molar-refractivity contribution is -0.150. The zero-order valence-electron chi connectivity index (χ0n) is 9.20. The Morgan fingerprint density at radius 1 is 1.53 bits per heavy atom. The van der Waals surface area contributed by atoms with Crippen LogP contribution in [-0.4, -0.2) is 18.4 Å². The van der Waals surface area contributed by atoms with E-state index in [4.69, 9.17) is 4.74 Å². The Morgan fingerprint density at radius 2 is 2.33 bits per heavy atom. The molecule has 0 saturated heterocycles. The number of ketones is 1. The van der Waals surface area contributed by atoms with Crippen LogP contribution in [0.1, 0.15) is 39.0 Å². The fourth-order valence-corrected chi connectivity index (χ4v) is 1.68. The van der Waals surface area contributed by atoms with Crippen molar-refractivity contribution in [3.63, 3.8) is 0 Å². The van der Waals surface area contributed by atoms with Crippen molar-refractivity contribution in [1.29, 1.82) is 0 Å². The molecular formula is C12H18O3. The molecule has 1 rings (SSSR count). The van der Waals surface area contributed by atoms with Crippen LogP contribution in [0.5, 0.6) is 0 Å². The summed E-state index contributed by atoms with van der Waals surface area (Å²) in [5, 5.41) is 0. The molecule has 0 aromatic rings. The van der Waals surface area contributed by atoms with E-state index >= 15 is 0 Å². The number of ether oxygens (including phenoxy) is 1. The molecule has 15 heavy (non-hydrogen) atoms. The molecule has 1 saturated carbocycles. The van der Waals surface area contributed by atoms with Gasteiger partial charge in [-0.2, -0.15) is 0 Å². The molecule has 0 aromatic heterocycles. The van der Waals surface area contributed by atoms with E-state index in [1.165, 1.54) is 0 Å². The van der Waals surface area contributed by atoms with E-state index in [0.717, 1.165) is 19.3 Å². The van der Waals surface area contributed by atoms with Gasteiger partial charge in [0.15, 0.2) is 0 Å². The molecule has 0 heterocycles. The number of hydrogen-bond acceptors (Lipinski definition) is 3. The van der Waals surface area contributed by atoms with Crippen molar-refractivity contribution in [3.05, 3.63) is 12.2 Å². The number of Topliss-reactive ketones (excluding diaryl/α,β-unsaturated/α-hetero) is 1. The minimum absolute atomic E-state index is 0.0455. The van der Waals surface area contributed by atoms with E-state index in [2.05, 4.69) is 6.92 Å². The molecule has 1 aliphatic rings. The minimum atomic E-state index is -0.472. The molecule has 3 nitrogen and oxygen atoms in total. The lowest BCUT2D eigenvalue weighted by Crippen LogP contribution is -2.21. The first kappa shape index (κ1) is 12.0. The van der Waals surface area contributed by atoms with Crippen molar-refractivity contribution < 1.29 is 14.3 Å². The van der Waals surface area contributed by atoms with E-state index < -0.39 is 5.92 Å². The largest absolute Gasteiger partial charge is 0.465 e. The highest BCUT2D eigenvalue weighted by atomic mass is 16.5. The second-order valence-electron chi connectivity index (χ2n) is 3.75. The van der Waals surface area contributed by atoms with Gasteiger partial charge >= 0.3 is 5.97 Å². The van der Waals surface area contributed by atoms with Gasteiger partial charge in [0, 0.05) is 6.42 Å². The van der Waals surface area contributed by atoms with E-state index in [9.17, 15) is 9.59 Å². The van der Waals surface area contributed by atoms with Crippen molar-refractivity contribution >= 4 is 11.8 Å². The van der Waals surface area contributed by atoms with E-state index in [0.29, 0.717) is 19.4 Å². The first-order chi connectivity index (χ1) is 7.25. The Kier molecular flexibility index (Phi) is 5.08. The molecule has 0 unspecified atom stereocenters. The predicted molar refractivity (Wildman–Crippen MR) is 57.4 cm³/mol. The van der Waals surface area contributed by atoms with E-state index in [-0.39, 0.29) is 11.8 Å². The quantitative estimate of drug-likeness (QED) is 0.302. The van der Waals surface area contributed by atoms with Crippen LogP contribution in [0.15, 0.2) is 12.2 Å². The van der Waals surface area contributed by atoms with E-state index in [1.807, 2.05) is 12.2 Å². The summed E-state index contributed by atoms with van der Waals surface area (Å²) in [4.78, 5) is 22.7. The van der Waals surface area contributed by atoms with Gasteiger partial charge in [-0.05, 0) is 25.7 Å². The van der Waals surface area contributed by atoms with Gasteiger partial charge in [-0.3, -0.25) is 9.59 Å². The lowest BCUT2D eigenvalue weighted by atomic mass is 10.1. The van der Waals surface area contributed by atoms with Crippen LogP contribution in [-0.2, 0) is 14.3 Å². The first-order valence-corrected chi connectivity index (χ1v) is 5.60. The summed E-state index contributed by atoms with van der Waals surface area (Å²) >= 11 is 0. The zero-order valence-corrected chi connectivity index (χ0v) is 9.20. The third kappa shape index (κ3) is 3.86. The number of esters is 1. The SMILES string of the molecule is CC/C=C\CCOC(=O)[C@H]1CCCC1=O. The highest BCUT2D eigenvalue weighted by Gasteiger charge is 2.31. The Morgan fingerprint density at radius 3 is 2.93 bits per heavy atom. The summed E-state index contributed by atoms with van der Waals surface area (Å²) in [6, 6.07) is 0. The molecular weight excluding hydrogens is 192 g/mol. The molecule has 1 fully saturated rings. The Bertz CT molecular complexity index is 256. The summed E-state index contributed by atoms with van der Waals surface area (Å²) in [5.41, 5.74) is 0. The number of hydrogen-bond donors (Lipinski definition) is 0. The predicted octanol–water partition coefficient (Wildman–Crippen LogP) is 2.26. The minimum Gasteiger partial charge on any atom is -0.465 e. The average Bonchev–Trinajstić information content (AvgIpc) is 2.64. The number of carbonyl (C=O) groups excluding carboxylic acids is 2. The van der Waals surface area contributed by atoms with Crippen molar-refractivity contribution in [1.82, 2.24) is 0 Å². The van der Waals surface area contributed by atoms with Gasteiger partial charge in [-0.15, -0.1) is 0 Å². The van der Waals surface area contributed by atoms with Crippen LogP contribution < -0.4 is 0 Å². The molecule has 0 N–H and O–H groups in total. The van der Waals surface area contributed by atoms with Crippen molar-refractivity contribution in [3.8, 4) is 0 Å². The molecule has 0 radical (unpaired) electrons. The van der Waals surface area contributed by atoms with Crippen LogP contribution >= 0.6 is 0 Å². The topological polar surface area (TPSA) is 43.4 Å². The van der Waals surface area contributed by atoms with Crippen LogP contribution in [0.25, 0.3) is 0 Å². The van der Waals surface area contributed by atoms with E-state index in [1.54, 1.807) is 0 Å². The Hall–Kier alpha value is -1.12. The lowest BCUT2D eigenvalue weighted by Gasteiger charge is -2.07. The van der Waals surface area contributed by atoms with Crippen LogP contribution in [0.2, 0.25) is 0 Å². The summed E-state index contributed by atoms with van der Waals surface area (Å²) < 4.78 is 5.03. The van der Waals surface area contributed by atoms with Gasteiger partial charge in [-0.25, -0.2) is 0 Å². The normalized spacial score (nSPS) is 21.1. The van der Waals surface area contributed by atoms with Crippen molar-refractivity contribution in [2.75, 3.05) is 6.61 Å². The molecule has 3 heteroatoms.